The van der Waals surface area contributed by atoms with E-state index in [9.17, 15) is 0 Å². The van der Waals surface area contributed by atoms with Crippen molar-refractivity contribution in [2.75, 3.05) is 25.6 Å². The third-order valence-electron chi connectivity index (χ3n) is 4.54. The van der Waals surface area contributed by atoms with Gasteiger partial charge in [0.05, 0.1) is 18.6 Å². The molecule has 3 atom stereocenters. The van der Waals surface area contributed by atoms with Crippen LogP contribution in [0.5, 0.6) is 0 Å². The lowest BCUT2D eigenvalue weighted by Gasteiger charge is -2.39. The normalized spacial score (nSPS) is 31.0. The maximum atomic E-state index is 6.17. The third-order valence-corrected chi connectivity index (χ3v) is 4.88. The van der Waals surface area contributed by atoms with Gasteiger partial charge in [0.1, 0.15) is 6.61 Å². The quantitative estimate of drug-likeness (QED) is 0.625. The maximum Gasteiger partial charge on any atom is 0.192 e. The van der Waals surface area contributed by atoms with E-state index in [1.807, 2.05) is 24.3 Å². The number of anilines is 1. The van der Waals surface area contributed by atoms with Gasteiger partial charge in [-0.05, 0) is 31.7 Å². The largest absolute Gasteiger partial charge is 0.398 e. The van der Waals surface area contributed by atoms with Gasteiger partial charge in [-0.2, -0.15) is 0 Å². The van der Waals surface area contributed by atoms with Gasteiger partial charge in [-0.15, -0.1) is 11.6 Å². The first-order valence-electron chi connectivity index (χ1n) is 8.65. The molecule has 6 heteroatoms. The summed E-state index contributed by atoms with van der Waals surface area (Å²) < 4.78 is 23.7. The molecule has 2 fully saturated rings. The van der Waals surface area contributed by atoms with Crippen molar-refractivity contribution in [2.24, 2.45) is 0 Å². The fourth-order valence-electron chi connectivity index (χ4n) is 2.98. The predicted molar refractivity (Wildman–Crippen MR) is 92.7 cm³/mol. The maximum absolute atomic E-state index is 6.17. The average molecular weight is 356 g/mol. The van der Waals surface area contributed by atoms with E-state index in [0.29, 0.717) is 26.2 Å². The van der Waals surface area contributed by atoms with Crippen molar-refractivity contribution in [1.29, 1.82) is 0 Å². The van der Waals surface area contributed by atoms with Crippen LogP contribution in [0, 0.1) is 0 Å². The number of halogens is 1. The summed E-state index contributed by atoms with van der Waals surface area (Å²) in [7, 11) is 0. The van der Waals surface area contributed by atoms with Crippen molar-refractivity contribution in [1.82, 2.24) is 0 Å². The number of nitrogen functional groups attached to an aromatic ring is 1. The van der Waals surface area contributed by atoms with E-state index in [0.717, 1.165) is 43.5 Å². The van der Waals surface area contributed by atoms with E-state index in [1.54, 1.807) is 0 Å². The highest BCUT2D eigenvalue weighted by molar-refractivity contribution is 6.20. The molecule has 5 nitrogen and oxygen atoms in total. The van der Waals surface area contributed by atoms with Gasteiger partial charge >= 0.3 is 0 Å². The van der Waals surface area contributed by atoms with Crippen molar-refractivity contribution in [2.45, 2.75) is 56.2 Å². The van der Waals surface area contributed by atoms with Gasteiger partial charge in [0.25, 0.3) is 0 Å². The van der Waals surface area contributed by atoms with Crippen LogP contribution < -0.4 is 5.73 Å². The second-order valence-electron chi connectivity index (χ2n) is 6.45. The minimum Gasteiger partial charge on any atom is -0.398 e. The van der Waals surface area contributed by atoms with Gasteiger partial charge < -0.3 is 24.7 Å². The topological polar surface area (TPSA) is 62.9 Å². The van der Waals surface area contributed by atoms with Crippen molar-refractivity contribution >= 4 is 17.3 Å². The lowest BCUT2D eigenvalue weighted by Crippen LogP contribution is -2.47. The highest BCUT2D eigenvalue weighted by atomic mass is 35.5. The highest BCUT2D eigenvalue weighted by Crippen LogP contribution is 2.31. The predicted octanol–water partition coefficient (Wildman–Crippen LogP) is 3.44. The average Bonchev–Trinajstić information content (AvgIpc) is 2.62. The van der Waals surface area contributed by atoms with Crippen LogP contribution >= 0.6 is 11.6 Å². The molecule has 3 unspecified atom stereocenters. The van der Waals surface area contributed by atoms with Crippen LogP contribution in [0.4, 0.5) is 5.69 Å². The van der Waals surface area contributed by atoms with Crippen LogP contribution in [-0.4, -0.2) is 37.3 Å². The van der Waals surface area contributed by atoms with Gasteiger partial charge in [-0.3, -0.25) is 0 Å². The zero-order valence-corrected chi connectivity index (χ0v) is 14.7. The molecule has 1 aromatic carbocycles. The summed E-state index contributed by atoms with van der Waals surface area (Å²) in [6.45, 7) is 1.94. The Hall–Kier alpha value is -0.850. The van der Waals surface area contributed by atoms with Crippen LogP contribution in [-0.2, 0) is 25.6 Å². The summed E-state index contributed by atoms with van der Waals surface area (Å²) in [6, 6.07) is 7.69. The molecule has 0 radical (unpaired) electrons. The number of para-hydroxylation sites is 1. The second kappa shape index (κ2) is 8.50. The molecule has 2 aliphatic rings. The smallest absolute Gasteiger partial charge is 0.192 e. The number of nitrogens with two attached hydrogens (primary N) is 1. The molecule has 1 aromatic rings. The SMILES string of the molecule is Nc1ccccc1COC1(COC2CCCCO2)CCC(Cl)CO1. The molecular formula is C18H26ClNO4. The van der Waals surface area contributed by atoms with Crippen LogP contribution in [0.2, 0.25) is 0 Å². The molecule has 24 heavy (non-hydrogen) atoms. The molecule has 2 N–H and O–H groups in total. The highest BCUT2D eigenvalue weighted by Gasteiger charge is 2.38. The number of rotatable bonds is 6. The van der Waals surface area contributed by atoms with Crippen LogP contribution in [0.1, 0.15) is 37.7 Å². The fraction of sp³-hybridized carbons (Fsp3) is 0.667. The van der Waals surface area contributed by atoms with E-state index in [1.165, 1.54) is 0 Å². The minimum atomic E-state index is -0.783. The molecule has 0 saturated carbocycles. The Kier molecular flexibility index (Phi) is 6.36. The van der Waals surface area contributed by atoms with Crippen molar-refractivity contribution in [3.63, 3.8) is 0 Å². The van der Waals surface area contributed by atoms with E-state index in [2.05, 4.69) is 0 Å². The lowest BCUT2D eigenvalue weighted by molar-refractivity contribution is -0.303. The number of alkyl halides is 1. The molecule has 0 spiro atoms. The first kappa shape index (κ1) is 18.0. The summed E-state index contributed by atoms with van der Waals surface area (Å²) >= 11 is 6.17. The minimum absolute atomic E-state index is 0.0226. The van der Waals surface area contributed by atoms with E-state index < -0.39 is 5.79 Å². The lowest BCUT2D eigenvalue weighted by atomic mass is 10.1. The zero-order chi connectivity index (χ0) is 16.8. The van der Waals surface area contributed by atoms with Crippen molar-refractivity contribution in [3.8, 4) is 0 Å². The van der Waals surface area contributed by atoms with E-state index in [4.69, 9.17) is 36.3 Å². The fourth-order valence-corrected chi connectivity index (χ4v) is 3.15. The summed E-state index contributed by atoms with van der Waals surface area (Å²) in [4.78, 5) is 0. The Morgan fingerprint density at radius 1 is 1.25 bits per heavy atom. The van der Waals surface area contributed by atoms with Crippen molar-refractivity contribution in [3.05, 3.63) is 29.8 Å². The molecule has 0 aliphatic carbocycles. The van der Waals surface area contributed by atoms with E-state index in [-0.39, 0.29) is 11.7 Å². The summed E-state index contributed by atoms with van der Waals surface area (Å²) in [5.41, 5.74) is 7.66. The molecule has 2 aliphatic heterocycles. The van der Waals surface area contributed by atoms with Gasteiger partial charge in [0.15, 0.2) is 12.1 Å². The summed E-state index contributed by atoms with van der Waals surface area (Å²) in [6.07, 6.45) is 4.50. The van der Waals surface area contributed by atoms with Crippen molar-refractivity contribution < 1.29 is 18.9 Å². The summed E-state index contributed by atoms with van der Waals surface area (Å²) in [5, 5.41) is 0.0226. The Labute approximate surface area is 148 Å². The third kappa shape index (κ3) is 4.83. The molecule has 2 heterocycles. The Balaban J connectivity index is 1.60. The Morgan fingerprint density at radius 2 is 2.12 bits per heavy atom. The molecule has 0 bridgehead atoms. The Morgan fingerprint density at radius 3 is 2.83 bits per heavy atom. The van der Waals surface area contributed by atoms with Crippen LogP contribution in [0.3, 0.4) is 0 Å². The number of hydrogen-bond donors (Lipinski definition) is 1. The number of ether oxygens (including phenoxy) is 4. The monoisotopic (exact) mass is 355 g/mol. The standard InChI is InChI=1S/C18H26ClNO4/c19-15-8-9-18(24-12-15,13-22-17-7-3-4-10-21-17)23-11-14-5-1-2-6-16(14)20/h1-2,5-6,15,17H,3-4,7-13,20H2. The molecule has 134 valence electrons. The number of hydrogen-bond acceptors (Lipinski definition) is 5. The van der Waals surface area contributed by atoms with Crippen LogP contribution in [0.25, 0.3) is 0 Å². The molecule has 3 rings (SSSR count). The van der Waals surface area contributed by atoms with Crippen LogP contribution in [0.15, 0.2) is 24.3 Å². The van der Waals surface area contributed by atoms with Gasteiger partial charge in [0.2, 0.25) is 0 Å². The van der Waals surface area contributed by atoms with Gasteiger partial charge in [-0.1, -0.05) is 18.2 Å². The Bertz CT molecular complexity index is 513. The molecule has 0 amide bonds. The first-order chi connectivity index (χ1) is 11.7. The van der Waals surface area contributed by atoms with Gasteiger partial charge in [-0.25, -0.2) is 0 Å². The molecule has 0 aromatic heterocycles. The van der Waals surface area contributed by atoms with E-state index >= 15 is 0 Å². The second-order valence-corrected chi connectivity index (χ2v) is 7.07. The number of benzene rings is 1. The zero-order valence-electron chi connectivity index (χ0n) is 13.9. The molecular weight excluding hydrogens is 330 g/mol. The first-order valence-corrected chi connectivity index (χ1v) is 9.09. The summed E-state index contributed by atoms with van der Waals surface area (Å²) in [5.74, 6) is -0.783. The molecule has 2 saturated heterocycles. The van der Waals surface area contributed by atoms with Gasteiger partial charge in [0, 0.05) is 24.3 Å².